The highest BCUT2D eigenvalue weighted by molar-refractivity contribution is 7.92. The largest absolute Gasteiger partial charge is 0.494 e. The lowest BCUT2D eigenvalue weighted by Crippen LogP contribution is -2.52. The summed E-state index contributed by atoms with van der Waals surface area (Å²) in [5.41, 5.74) is 4.74. The van der Waals surface area contributed by atoms with Crippen LogP contribution in [0.25, 0.3) is 11.0 Å². The Labute approximate surface area is 287 Å². The maximum absolute atomic E-state index is 12.3. The molecule has 0 saturated carbocycles. The molecule has 15 heteroatoms. The van der Waals surface area contributed by atoms with Crippen LogP contribution in [-0.2, 0) is 16.4 Å². The standard InChI is InChI=1S/C33H43ClN10O3S/c1-5-6-22-19-27(29(47-3)20-28(22)44-13-9-23(10-14-44)43-17-15-42(2)16-18-43)39-33-37-21-24(34)32(40-33)38-26-8-7-25-30(36-12-11-35-25)31(26)41-48(4,45)46/h7-8,11-12,19-21,23,41H,5-6,9-10,13-18H2,1-4H3,(H2,37,38,39,40). The molecular formula is C33H43ClN10O3S. The van der Waals surface area contributed by atoms with Crippen LogP contribution < -0.4 is 25.0 Å². The van der Waals surface area contributed by atoms with Crippen LogP contribution in [0.15, 0.2) is 42.9 Å². The van der Waals surface area contributed by atoms with Crippen LogP contribution in [0, 0.1) is 0 Å². The number of piperazine rings is 1. The quantitative estimate of drug-likeness (QED) is 0.192. The van der Waals surface area contributed by atoms with E-state index in [2.05, 4.69) is 76.1 Å². The van der Waals surface area contributed by atoms with E-state index < -0.39 is 10.0 Å². The number of sulfonamides is 1. The number of methoxy groups -OCH3 is 1. The van der Waals surface area contributed by atoms with Crippen LogP contribution >= 0.6 is 11.6 Å². The van der Waals surface area contributed by atoms with E-state index in [1.54, 1.807) is 25.4 Å². The Morgan fingerprint density at radius 2 is 1.73 bits per heavy atom. The average Bonchev–Trinajstić information content (AvgIpc) is 3.07. The minimum absolute atomic E-state index is 0.237. The lowest BCUT2D eigenvalue weighted by Gasteiger charge is -2.43. The molecule has 2 aromatic carbocycles. The monoisotopic (exact) mass is 694 g/mol. The highest BCUT2D eigenvalue weighted by atomic mass is 35.5. The molecule has 6 rings (SSSR count). The van der Waals surface area contributed by atoms with Gasteiger partial charge in [-0.05, 0) is 50.1 Å². The molecule has 4 heterocycles. The predicted octanol–water partition coefficient (Wildman–Crippen LogP) is 5.11. The van der Waals surface area contributed by atoms with Crippen molar-refractivity contribution in [3.63, 3.8) is 0 Å². The molecule has 2 fully saturated rings. The molecule has 48 heavy (non-hydrogen) atoms. The molecule has 0 amide bonds. The van der Waals surface area contributed by atoms with Crippen molar-refractivity contribution >= 4 is 67.2 Å². The van der Waals surface area contributed by atoms with Gasteiger partial charge in [-0.1, -0.05) is 24.9 Å². The summed E-state index contributed by atoms with van der Waals surface area (Å²) in [4.78, 5) is 25.3. The fourth-order valence-electron chi connectivity index (χ4n) is 6.50. The van der Waals surface area contributed by atoms with Gasteiger partial charge in [0, 0.05) is 69.5 Å². The van der Waals surface area contributed by atoms with E-state index in [-0.39, 0.29) is 16.5 Å². The number of rotatable bonds is 11. The zero-order valence-corrected chi connectivity index (χ0v) is 29.4. The summed E-state index contributed by atoms with van der Waals surface area (Å²) in [6.07, 6.45) is 9.83. The zero-order valence-electron chi connectivity index (χ0n) is 27.8. The third kappa shape index (κ3) is 7.83. The average molecular weight is 695 g/mol. The minimum Gasteiger partial charge on any atom is -0.494 e. The van der Waals surface area contributed by atoms with E-state index in [0.717, 1.165) is 76.9 Å². The zero-order chi connectivity index (χ0) is 33.8. The smallest absolute Gasteiger partial charge is 0.229 e. The van der Waals surface area contributed by atoms with Crippen molar-refractivity contribution in [2.45, 2.75) is 38.6 Å². The van der Waals surface area contributed by atoms with Crippen LogP contribution in [0.2, 0.25) is 5.02 Å². The highest BCUT2D eigenvalue weighted by Gasteiger charge is 2.28. The van der Waals surface area contributed by atoms with Gasteiger partial charge in [-0.3, -0.25) is 19.6 Å². The van der Waals surface area contributed by atoms with Gasteiger partial charge >= 0.3 is 0 Å². The molecule has 2 aromatic heterocycles. The Balaban J connectivity index is 1.24. The van der Waals surface area contributed by atoms with Crippen LogP contribution in [0.1, 0.15) is 31.7 Å². The molecule has 2 aliphatic heterocycles. The number of nitrogens with one attached hydrogen (secondary N) is 3. The first-order valence-corrected chi connectivity index (χ1v) is 18.6. The van der Waals surface area contributed by atoms with E-state index in [1.165, 1.54) is 23.6 Å². The molecule has 0 unspecified atom stereocenters. The summed E-state index contributed by atoms with van der Waals surface area (Å²) in [5.74, 6) is 1.26. The van der Waals surface area contributed by atoms with Gasteiger partial charge in [0.15, 0.2) is 5.82 Å². The number of hydrogen-bond acceptors (Lipinski definition) is 12. The van der Waals surface area contributed by atoms with Crippen molar-refractivity contribution < 1.29 is 13.2 Å². The number of likely N-dealkylation sites (N-methyl/N-ethyl adjacent to an activating group) is 1. The lowest BCUT2D eigenvalue weighted by atomic mass is 9.99. The van der Waals surface area contributed by atoms with Gasteiger partial charge in [0.25, 0.3) is 0 Å². The normalized spacial score (nSPS) is 16.6. The number of fused-ring (bicyclic) bond motifs is 1. The Morgan fingerprint density at radius 3 is 2.44 bits per heavy atom. The number of halogens is 1. The van der Waals surface area contributed by atoms with Crippen LogP contribution in [0.3, 0.4) is 0 Å². The van der Waals surface area contributed by atoms with Crippen molar-refractivity contribution in [1.82, 2.24) is 29.7 Å². The number of ether oxygens (including phenoxy) is 1. The number of aryl methyl sites for hydroxylation is 1. The molecule has 2 saturated heterocycles. The van der Waals surface area contributed by atoms with Gasteiger partial charge in [-0.15, -0.1) is 0 Å². The van der Waals surface area contributed by atoms with Crippen molar-refractivity contribution in [3.8, 4) is 5.75 Å². The molecule has 0 atom stereocenters. The molecule has 4 aromatic rings. The summed E-state index contributed by atoms with van der Waals surface area (Å²) in [6, 6.07) is 8.33. The molecule has 0 bridgehead atoms. The third-order valence-corrected chi connectivity index (χ3v) is 9.80. The van der Waals surface area contributed by atoms with Crippen LogP contribution in [-0.4, -0.2) is 104 Å². The number of aromatic nitrogens is 4. The SMILES string of the molecule is CCCc1cc(Nc2ncc(Cl)c(Nc3ccc4nccnc4c3NS(C)(=O)=O)n2)c(OC)cc1N1CCC(N2CCN(C)CC2)CC1. The first kappa shape index (κ1) is 33.9. The van der Waals surface area contributed by atoms with Gasteiger partial charge in [-0.25, -0.2) is 13.4 Å². The Kier molecular flexibility index (Phi) is 10.3. The predicted molar refractivity (Wildman–Crippen MR) is 193 cm³/mol. The second kappa shape index (κ2) is 14.6. The molecule has 256 valence electrons. The molecule has 13 nitrogen and oxygen atoms in total. The van der Waals surface area contributed by atoms with Gasteiger partial charge in [0.1, 0.15) is 16.3 Å². The van der Waals surface area contributed by atoms with Crippen LogP contribution in [0.5, 0.6) is 5.75 Å². The summed E-state index contributed by atoms with van der Waals surface area (Å²) < 4.78 is 32.9. The van der Waals surface area contributed by atoms with E-state index in [4.69, 9.17) is 16.3 Å². The first-order chi connectivity index (χ1) is 23.1. The Bertz CT molecular complexity index is 1860. The second-order valence-electron chi connectivity index (χ2n) is 12.4. The van der Waals surface area contributed by atoms with E-state index in [0.29, 0.717) is 34.5 Å². The van der Waals surface area contributed by atoms with E-state index >= 15 is 0 Å². The molecule has 0 spiro atoms. The molecule has 3 N–H and O–H groups in total. The number of benzene rings is 2. The van der Waals surface area contributed by atoms with Crippen molar-refractivity contribution in [2.24, 2.45) is 0 Å². The summed E-state index contributed by atoms with van der Waals surface area (Å²) in [7, 11) is 0.230. The van der Waals surface area contributed by atoms with Crippen molar-refractivity contribution in [1.29, 1.82) is 0 Å². The summed E-state index contributed by atoms with van der Waals surface area (Å²) in [6.45, 7) is 8.78. The number of piperidine rings is 1. The number of hydrogen-bond donors (Lipinski definition) is 3. The summed E-state index contributed by atoms with van der Waals surface area (Å²) in [5, 5.41) is 6.74. The highest BCUT2D eigenvalue weighted by Crippen LogP contribution is 2.38. The van der Waals surface area contributed by atoms with Gasteiger partial charge in [0.05, 0.1) is 42.1 Å². The third-order valence-electron chi connectivity index (χ3n) is 8.95. The fourth-order valence-corrected chi connectivity index (χ4v) is 7.21. The minimum atomic E-state index is -3.64. The Hall–Kier alpha value is -3.98. The van der Waals surface area contributed by atoms with Gasteiger partial charge < -0.3 is 25.2 Å². The molecular weight excluding hydrogens is 652 g/mol. The van der Waals surface area contributed by atoms with E-state index in [9.17, 15) is 8.42 Å². The Morgan fingerprint density at radius 1 is 0.979 bits per heavy atom. The lowest BCUT2D eigenvalue weighted by molar-refractivity contribution is 0.0982. The van der Waals surface area contributed by atoms with Gasteiger partial charge in [0.2, 0.25) is 16.0 Å². The summed E-state index contributed by atoms with van der Waals surface area (Å²) >= 11 is 6.53. The number of anilines is 6. The topological polar surface area (TPSA) is 141 Å². The number of nitrogens with zero attached hydrogens (tertiary/aromatic N) is 7. The maximum Gasteiger partial charge on any atom is 0.229 e. The van der Waals surface area contributed by atoms with E-state index in [1.807, 2.05) is 0 Å². The second-order valence-corrected chi connectivity index (χ2v) is 14.6. The first-order valence-electron chi connectivity index (χ1n) is 16.3. The molecule has 0 aliphatic carbocycles. The fraction of sp³-hybridized carbons (Fsp3) is 0.455. The molecule has 0 radical (unpaired) electrons. The van der Waals surface area contributed by atoms with Crippen molar-refractivity contribution in [2.75, 3.05) is 79.9 Å². The maximum atomic E-state index is 12.3. The molecule has 2 aliphatic rings. The van der Waals surface area contributed by atoms with Crippen molar-refractivity contribution in [3.05, 3.63) is 53.4 Å². The van der Waals surface area contributed by atoms with Crippen LogP contribution in [0.4, 0.5) is 34.5 Å². The van der Waals surface area contributed by atoms with Gasteiger partial charge in [-0.2, -0.15) is 4.98 Å².